The van der Waals surface area contributed by atoms with Crippen LogP contribution in [-0.2, 0) is 4.79 Å². The fourth-order valence-corrected chi connectivity index (χ4v) is 4.79. The van der Waals surface area contributed by atoms with Gasteiger partial charge in [-0.3, -0.25) is 9.78 Å². The Kier molecular flexibility index (Phi) is 8.62. The van der Waals surface area contributed by atoms with E-state index in [2.05, 4.69) is 47.4 Å². The first-order valence-corrected chi connectivity index (χ1v) is 11.1. The fourth-order valence-electron chi connectivity index (χ4n) is 4.11. The molecule has 1 aromatic heterocycles. The zero-order valence-corrected chi connectivity index (χ0v) is 18.6. The van der Waals surface area contributed by atoms with Gasteiger partial charge >= 0.3 is 0 Å². The summed E-state index contributed by atoms with van der Waals surface area (Å²) < 4.78 is 0. The molecule has 1 atom stereocenters. The number of likely N-dealkylation sites (tertiary alicyclic amines) is 1. The second-order valence-electron chi connectivity index (χ2n) is 8.11. The third kappa shape index (κ3) is 5.29. The van der Waals surface area contributed by atoms with Gasteiger partial charge in [-0.25, -0.2) is 0 Å². The molecular weight excluding hydrogens is 392 g/mol. The minimum atomic E-state index is 0. The Labute approximate surface area is 185 Å². The van der Waals surface area contributed by atoms with Crippen LogP contribution in [0.1, 0.15) is 38.5 Å². The van der Waals surface area contributed by atoms with Crippen LogP contribution in [0.3, 0.4) is 0 Å². The maximum Gasteiger partial charge on any atom is 0.150 e. The van der Waals surface area contributed by atoms with Crippen LogP contribution < -0.4 is 5.32 Å². The molecule has 6 heteroatoms. The molecule has 5 nitrogen and oxygen atoms in total. The molecule has 1 N–H and O–H groups in total. The predicted octanol–water partition coefficient (Wildman–Crippen LogP) is 4.34. The highest BCUT2D eigenvalue weighted by molar-refractivity contribution is 7.10. The van der Waals surface area contributed by atoms with Gasteiger partial charge in [0.15, 0.2) is 0 Å². The molecule has 2 aliphatic heterocycles. The summed E-state index contributed by atoms with van der Waals surface area (Å²) in [6.07, 6.45) is 7.90. The number of allylic oxidation sites excluding steroid dienone is 3. The minimum Gasteiger partial charge on any atom is -0.383 e. The second kappa shape index (κ2) is 10.7. The van der Waals surface area contributed by atoms with Crippen molar-refractivity contribution in [3.05, 3.63) is 58.4 Å². The number of rotatable bonds is 6. The number of nitrogens with zero attached hydrogens (tertiary/aromatic N) is 3. The number of nitrogens with one attached hydrogen (secondary N) is 1. The zero-order chi connectivity index (χ0) is 21.0. The van der Waals surface area contributed by atoms with Crippen molar-refractivity contribution in [2.75, 3.05) is 33.7 Å². The van der Waals surface area contributed by atoms with Crippen molar-refractivity contribution in [2.24, 2.45) is 5.92 Å². The third-order valence-electron chi connectivity index (χ3n) is 6.19. The summed E-state index contributed by atoms with van der Waals surface area (Å²) >= 11 is 1.61. The fraction of sp³-hybridized carbons (Fsp3) is 0.500. The molecule has 3 heterocycles. The van der Waals surface area contributed by atoms with E-state index in [-0.39, 0.29) is 13.3 Å². The monoisotopic (exact) mass is 428 g/mol. The summed E-state index contributed by atoms with van der Waals surface area (Å²) in [7, 11) is 4.30. The van der Waals surface area contributed by atoms with Crippen molar-refractivity contribution >= 4 is 23.2 Å². The first-order valence-electron chi connectivity index (χ1n) is 10.2. The van der Waals surface area contributed by atoms with E-state index >= 15 is 0 Å². The number of piperidine rings is 1. The Bertz CT molecular complexity index is 814. The summed E-state index contributed by atoms with van der Waals surface area (Å²) in [6.45, 7) is 13.5. The van der Waals surface area contributed by atoms with Gasteiger partial charge in [-0.15, -0.1) is 11.3 Å². The highest BCUT2D eigenvalue weighted by Crippen LogP contribution is 2.31. The van der Waals surface area contributed by atoms with Crippen LogP contribution in [0.5, 0.6) is 0 Å². The van der Waals surface area contributed by atoms with Crippen molar-refractivity contribution in [1.82, 2.24) is 20.1 Å². The maximum atomic E-state index is 11.8. The summed E-state index contributed by atoms with van der Waals surface area (Å²) in [5, 5.41) is 3.61. The quantitative estimate of drug-likeness (QED) is 0.683. The SMILES string of the molecule is C.C=C(c1cncs1)C1C/C=C(C=O)\C(C)=C(\C(=C)N2CCC(N(C)C)CC2)NC1. The normalized spacial score (nSPS) is 24.7. The number of aldehydes is 1. The van der Waals surface area contributed by atoms with E-state index in [0.29, 0.717) is 6.04 Å². The standard InChI is InChI=1S/C23H32N4OS.CH4/c1-16(22-13-24-15-29-22)19-6-7-20(14-28)17(2)23(25-12-19)18(3)27-10-8-21(9-11-27)26(4)5;/h7,13-15,19,21,25H,1,3,6,8-12H2,2,4-5H3;1H4/b20-7-,23-17-;. The highest BCUT2D eigenvalue weighted by atomic mass is 32.1. The Morgan fingerprint density at radius 3 is 2.60 bits per heavy atom. The molecule has 2 aliphatic rings. The van der Waals surface area contributed by atoms with E-state index in [0.717, 1.165) is 78.2 Å². The van der Waals surface area contributed by atoms with Gasteiger partial charge in [0.1, 0.15) is 6.29 Å². The van der Waals surface area contributed by atoms with Gasteiger partial charge in [0.25, 0.3) is 0 Å². The molecule has 0 aromatic carbocycles. The van der Waals surface area contributed by atoms with E-state index in [1.54, 1.807) is 11.3 Å². The van der Waals surface area contributed by atoms with Gasteiger partial charge in [-0.2, -0.15) is 0 Å². The zero-order valence-electron chi connectivity index (χ0n) is 17.8. The van der Waals surface area contributed by atoms with Gasteiger partial charge in [-0.1, -0.05) is 26.7 Å². The van der Waals surface area contributed by atoms with Gasteiger partial charge in [0.05, 0.1) is 16.9 Å². The lowest BCUT2D eigenvalue weighted by molar-refractivity contribution is -0.104. The molecule has 164 valence electrons. The highest BCUT2D eigenvalue weighted by Gasteiger charge is 2.25. The molecule has 3 rings (SSSR count). The van der Waals surface area contributed by atoms with Crippen LogP contribution in [0, 0.1) is 5.92 Å². The Morgan fingerprint density at radius 1 is 1.33 bits per heavy atom. The summed E-state index contributed by atoms with van der Waals surface area (Å²) in [5.41, 5.74) is 6.57. The number of hydrogen-bond acceptors (Lipinski definition) is 6. The molecule has 1 aromatic rings. The average molecular weight is 429 g/mol. The number of thiazole rings is 1. The topological polar surface area (TPSA) is 48.5 Å². The van der Waals surface area contributed by atoms with E-state index in [1.165, 1.54) is 0 Å². The molecule has 0 saturated carbocycles. The maximum absolute atomic E-state index is 11.8. The van der Waals surface area contributed by atoms with Crippen LogP contribution in [-0.4, -0.2) is 60.8 Å². The van der Waals surface area contributed by atoms with Crippen molar-refractivity contribution in [2.45, 2.75) is 39.7 Å². The minimum absolute atomic E-state index is 0. The largest absolute Gasteiger partial charge is 0.383 e. The van der Waals surface area contributed by atoms with Crippen LogP contribution in [0.2, 0.25) is 0 Å². The molecule has 0 spiro atoms. The predicted molar refractivity (Wildman–Crippen MR) is 128 cm³/mol. The molecule has 30 heavy (non-hydrogen) atoms. The Morgan fingerprint density at radius 2 is 2.03 bits per heavy atom. The first-order chi connectivity index (χ1) is 13.9. The number of aromatic nitrogens is 1. The summed E-state index contributed by atoms with van der Waals surface area (Å²) in [5.74, 6) is 0.209. The van der Waals surface area contributed by atoms with Crippen molar-refractivity contribution in [3.8, 4) is 0 Å². The third-order valence-corrected chi connectivity index (χ3v) is 7.04. The molecule has 0 aliphatic carbocycles. The summed E-state index contributed by atoms with van der Waals surface area (Å²) in [4.78, 5) is 21.7. The molecule has 0 radical (unpaired) electrons. The lowest BCUT2D eigenvalue weighted by atomic mass is 9.91. The molecule has 0 amide bonds. The smallest absolute Gasteiger partial charge is 0.150 e. The van der Waals surface area contributed by atoms with E-state index < -0.39 is 0 Å². The van der Waals surface area contributed by atoms with Crippen molar-refractivity contribution < 1.29 is 4.79 Å². The van der Waals surface area contributed by atoms with Gasteiger partial charge in [0.2, 0.25) is 0 Å². The van der Waals surface area contributed by atoms with Gasteiger partial charge < -0.3 is 15.1 Å². The Hall–Kier alpha value is -2.18. The Balaban J connectivity index is 0.00000320. The average Bonchev–Trinajstić information content (AvgIpc) is 3.25. The molecule has 1 unspecified atom stereocenters. The lowest BCUT2D eigenvalue weighted by Gasteiger charge is -2.38. The van der Waals surface area contributed by atoms with Crippen molar-refractivity contribution in [3.63, 3.8) is 0 Å². The lowest BCUT2D eigenvalue weighted by Crippen LogP contribution is -2.42. The van der Waals surface area contributed by atoms with Crippen LogP contribution >= 0.6 is 11.3 Å². The number of carbonyl (C=O) groups excluding carboxylic acids is 1. The van der Waals surface area contributed by atoms with Crippen molar-refractivity contribution in [1.29, 1.82) is 0 Å². The van der Waals surface area contributed by atoms with Crippen LogP contribution in [0.15, 0.2) is 53.5 Å². The summed E-state index contributed by atoms with van der Waals surface area (Å²) in [6, 6.07) is 0.622. The van der Waals surface area contributed by atoms with Gasteiger partial charge in [-0.05, 0) is 51.4 Å². The molecular formula is C24H36N4OS. The first kappa shape index (κ1) is 24.1. The van der Waals surface area contributed by atoms with Crippen LogP contribution in [0.25, 0.3) is 5.57 Å². The number of hydrogen-bond donors (Lipinski definition) is 1. The number of carbonyl (C=O) groups is 1. The molecule has 1 saturated heterocycles. The molecule has 1 fully saturated rings. The van der Waals surface area contributed by atoms with E-state index in [1.807, 2.05) is 24.7 Å². The van der Waals surface area contributed by atoms with E-state index in [9.17, 15) is 4.79 Å². The van der Waals surface area contributed by atoms with Gasteiger partial charge in [0, 0.05) is 48.2 Å². The molecule has 0 bridgehead atoms. The van der Waals surface area contributed by atoms with E-state index in [4.69, 9.17) is 0 Å². The van der Waals surface area contributed by atoms with Crippen LogP contribution in [0.4, 0.5) is 0 Å². The second-order valence-corrected chi connectivity index (χ2v) is 9.00.